The fourth-order valence-electron chi connectivity index (χ4n) is 2.28. The van der Waals surface area contributed by atoms with Gasteiger partial charge in [-0.05, 0) is 25.0 Å². The summed E-state index contributed by atoms with van der Waals surface area (Å²) in [5.74, 6) is -1.78. The molecule has 7 heteroatoms. The van der Waals surface area contributed by atoms with E-state index in [1.165, 1.54) is 11.0 Å². The summed E-state index contributed by atoms with van der Waals surface area (Å²) in [7, 11) is 0. The molecule has 1 atom stereocenters. The lowest BCUT2D eigenvalue weighted by Gasteiger charge is -2.24. The second-order valence-electron chi connectivity index (χ2n) is 5.36. The minimum Gasteiger partial charge on any atom is -0.481 e. The Morgan fingerprint density at radius 3 is 2.48 bits per heavy atom. The van der Waals surface area contributed by atoms with Crippen molar-refractivity contribution in [3.63, 3.8) is 0 Å². The lowest BCUT2D eigenvalue weighted by molar-refractivity contribution is -0.139. The van der Waals surface area contributed by atoms with Crippen molar-refractivity contribution in [2.45, 2.75) is 32.9 Å². The van der Waals surface area contributed by atoms with Gasteiger partial charge in [0, 0.05) is 19.0 Å². The number of aliphatic carboxylic acids is 1. The van der Waals surface area contributed by atoms with Crippen molar-refractivity contribution in [2.24, 2.45) is 5.92 Å². The quantitative estimate of drug-likeness (QED) is 0.835. The fourth-order valence-corrected chi connectivity index (χ4v) is 2.28. The summed E-state index contributed by atoms with van der Waals surface area (Å²) in [5, 5.41) is 8.68. The number of rotatable bonds is 7. The maximum atomic E-state index is 12.7. The number of alkyl halides is 3. The highest BCUT2D eigenvalue weighted by Crippen LogP contribution is 2.30. The van der Waals surface area contributed by atoms with Gasteiger partial charge in [0.1, 0.15) is 0 Å². The van der Waals surface area contributed by atoms with Gasteiger partial charge in [-0.2, -0.15) is 13.2 Å². The summed E-state index contributed by atoms with van der Waals surface area (Å²) < 4.78 is 38.1. The van der Waals surface area contributed by atoms with Crippen LogP contribution < -0.4 is 0 Å². The number of carboxylic acids is 1. The molecule has 0 aliphatic heterocycles. The molecule has 0 radical (unpaired) electrons. The van der Waals surface area contributed by atoms with Crippen LogP contribution in [0.15, 0.2) is 24.3 Å². The summed E-state index contributed by atoms with van der Waals surface area (Å²) >= 11 is 0. The number of benzene rings is 1. The van der Waals surface area contributed by atoms with Gasteiger partial charge >= 0.3 is 12.1 Å². The molecule has 1 rings (SSSR count). The van der Waals surface area contributed by atoms with E-state index in [9.17, 15) is 22.8 Å². The van der Waals surface area contributed by atoms with Crippen molar-refractivity contribution >= 4 is 11.9 Å². The number of nitrogens with zero attached hydrogens (tertiary/aromatic N) is 1. The van der Waals surface area contributed by atoms with Crippen molar-refractivity contribution in [3.8, 4) is 0 Å². The van der Waals surface area contributed by atoms with E-state index in [1.54, 1.807) is 19.9 Å². The van der Waals surface area contributed by atoms with Crippen molar-refractivity contribution in [3.05, 3.63) is 35.4 Å². The molecule has 1 N–H and O–H groups in total. The van der Waals surface area contributed by atoms with Gasteiger partial charge in [0.15, 0.2) is 0 Å². The van der Waals surface area contributed by atoms with E-state index in [4.69, 9.17) is 5.11 Å². The van der Waals surface area contributed by atoms with Gasteiger partial charge in [-0.1, -0.05) is 25.1 Å². The van der Waals surface area contributed by atoms with E-state index >= 15 is 0 Å². The molecule has 1 aromatic carbocycles. The number of hydrogen-bond acceptors (Lipinski definition) is 2. The van der Waals surface area contributed by atoms with Crippen LogP contribution in [-0.4, -0.2) is 35.0 Å². The van der Waals surface area contributed by atoms with Crippen LogP contribution in [0.1, 0.15) is 31.4 Å². The number of halogens is 3. The van der Waals surface area contributed by atoms with E-state index in [-0.39, 0.29) is 25.3 Å². The lowest BCUT2D eigenvalue weighted by atomic mass is 9.98. The van der Waals surface area contributed by atoms with Crippen LogP contribution in [0.5, 0.6) is 0 Å². The number of amides is 1. The van der Waals surface area contributed by atoms with Crippen LogP contribution >= 0.6 is 0 Å². The van der Waals surface area contributed by atoms with Crippen molar-refractivity contribution in [2.75, 3.05) is 13.1 Å². The zero-order chi connectivity index (χ0) is 17.6. The van der Waals surface area contributed by atoms with Gasteiger partial charge in [-0.3, -0.25) is 9.59 Å². The Hall–Kier alpha value is -2.05. The van der Waals surface area contributed by atoms with Crippen molar-refractivity contribution in [1.82, 2.24) is 4.90 Å². The highest BCUT2D eigenvalue weighted by Gasteiger charge is 2.30. The van der Waals surface area contributed by atoms with Crippen LogP contribution in [0.2, 0.25) is 0 Å². The molecule has 4 nitrogen and oxygen atoms in total. The van der Waals surface area contributed by atoms with E-state index < -0.39 is 23.6 Å². The first kappa shape index (κ1) is 19.0. The molecule has 0 aliphatic rings. The van der Waals surface area contributed by atoms with E-state index in [0.29, 0.717) is 12.1 Å². The summed E-state index contributed by atoms with van der Waals surface area (Å²) in [6, 6.07) is 4.89. The molecule has 1 unspecified atom stereocenters. The molecule has 0 aliphatic carbocycles. The van der Waals surface area contributed by atoms with Crippen LogP contribution in [0.3, 0.4) is 0 Å². The molecular formula is C16H20F3NO3. The molecule has 0 heterocycles. The molecule has 128 valence electrons. The number of carboxylic acid groups (broad SMARTS) is 1. The topological polar surface area (TPSA) is 57.6 Å². The number of carbonyl (C=O) groups excluding carboxylic acids is 1. The van der Waals surface area contributed by atoms with Crippen LogP contribution in [0.4, 0.5) is 13.2 Å². The zero-order valence-electron chi connectivity index (χ0n) is 13.1. The third-order valence-electron chi connectivity index (χ3n) is 3.51. The average Bonchev–Trinajstić information content (AvgIpc) is 2.46. The molecule has 0 saturated heterocycles. The molecule has 0 spiro atoms. The second-order valence-corrected chi connectivity index (χ2v) is 5.36. The predicted molar refractivity (Wildman–Crippen MR) is 78.8 cm³/mol. The first-order valence-electron chi connectivity index (χ1n) is 7.31. The molecule has 0 fully saturated rings. The average molecular weight is 331 g/mol. The second kappa shape index (κ2) is 7.99. The Labute approximate surface area is 132 Å². The Bertz CT molecular complexity index is 558. The minimum absolute atomic E-state index is 0.0948. The van der Waals surface area contributed by atoms with Crippen molar-refractivity contribution in [1.29, 1.82) is 0 Å². The molecule has 1 aromatic rings. The maximum absolute atomic E-state index is 12.7. The van der Waals surface area contributed by atoms with Crippen LogP contribution in [0.25, 0.3) is 0 Å². The third-order valence-corrected chi connectivity index (χ3v) is 3.51. The first-order chi connectivity index (χ1) is 10.6. The summed E-state index contributed by atoms with van der Waals surface area (Å²) in [6.45, 7) is 3.82. The van der Waals surface area contributed by atoms with Crippen molar-refractivity contribution < 1.29 is 27.9 Å². The minimum atomic E-state index is -4.42. The van der Waals surface area contributed by atoms with Gasteiger partial charge in [-0.25, -0.2) is 0 Å². The van der Waals surface area contributed by atoms with E-state index in [0.717, 1.165) is 12.1 Å². The highest BCUT2D eigenvalue weighted by atomic mass is 19.4. The zero-order valence-corrected chi connectivity index (χ0v) is 13.1. The summed E-state index contributed by atoms with van der Waals surface area (Å²) in [5.41, 5.74) is -0.317. The summed E-state index contributed by atoms with van der Waals surface area (Å²) in [6.07, 6.45) is -4.40. The molecule has 23 heavy (non-hydrogen) atoms. The van der Waals surface area contributed by atoms with Crippen LogP contribution in [0, 0.1) is 5.92 Å². The van der Waals surface area contributed by atoms with Gasteiger partial charge in [0.2, 0.25) is 5.91 Å². The van der Waals surface area contributed by atoms with E-state index in [1.807, 2.05) is 0 Å². The Morgan fingerprint density at radius 2 is 1.96 bits per heavy atom. The first-order valence-corrected chi connectivity index (χ1v) is 7.31. The third kappa shape index (κ3) is 5.92. The van der Waals surface area contributed by atoms with Gasteiger partial charge in [-0.15, -0.1) is 0 Å². The van der Waals surface area contributed by atoms with Gasteiger partial charge in [0.05, 0.1) is 12.0 Å². The largest absolute Gasteiger partial charge is 0.481 e. The van der Waals surface area contributed by atoms with Crippen LogP contribution in [-0.2, 0) is 22.2 Å². The normalized spacial score (nSPS) is 12.7. The smallest absolute Gasteiger partial charge is 0.416 e. The maximum Gasteiger partial charge on any atom is 0.416 e. The molecule has 0 bridgehead atoms. The molecule has 0 saturated carbocycles. The number of carbonyl (C=O) groups is 2. The molecule has 1 amide bonds. The fraction of sp³-hybridized carbons (Fsp3) is 0.500. The Kier molecular flexibility index (Phi) is 6.60. The standard InChI is InChI=1S/C16H20F3NO3/c1-3-20(8-7-14(21)22)15(23)11(2)9-12-5-4-6-13(10-12)16(17,18)19/h4-6,10-11H,3,7-9H2,1-2H3,(H,21,22). The van der Waals surface area contributed by atoms with Gasteiger partial charge < -0.3 is 10.0 Å². The number of hydrogen-bond donors (Lipinski definition) is 1. The Morgan fingerprint density at radius 1 is 1.30 bits per heavy atom. The Balaban J connectivity index is 2.76. The van der Waals surface area contributed by atoms with E-state index in [2.05, 4.69) is 0 Å². The SMILES string of the molecule is CCN(CCC(=O)O)C(=O)C(C)Cc1cccc(C(F)(F)F)c1. The molecule has 0 aromatic heterocycles. The molecular weight excluding hydrogens is 311 g/mol. The van der Waals surface area contributed by atoms with Gasteiger partial charge in [0.25, 0.3) is 0 Å². The highest BCUT2D eigenvalue weighted by molar-refractivity contribution is 5.79. The predicted octanol–water partition coefficient (Wildman–Crippen LogP) is 3.21. The summed E-state index contributed by atoms with van der Waals surface area (Å²) in [4.78, 5) is 24.3. The lowest BCUT2D eigenvalue weighted by Crippen LogP contribution is -2.37. The monoisotopic (exact) mass is 331 g/mol.